The van der Waals surface area contributed by atoms with Gasteiger partial charge in [0.1, 0.15) is 18.1 Å². The van der Waals surface area contributed by atoms with Gasteiger partial charge in [-0.3, -0.25) is 24.0 Å². The monoisotopic (exact) mass is 493 g/mol. The number of carbonyl (C=O) groups is 6. The van der Waals surface area contributed by atoms with Crippen molar-refractivity contribution in [2.75, 3.05) is 18.6 Å². The molecule has 0 fully saturated rings. The number of hydrogen-bond donors (Lipinski definition) is 8. The number of nitrogens with two attached hydrogens (primary N) is 2. The molecule has 0 bridgehead atoms. The van der Waals surface area contributed by atoms with Crippen molar-refractivity contribution < 1.29 is 44.1 Å². The summed E-state index contributed by atoms with van der Waals surface area (Å²) in [7, 11) is 0. The first-order valence-electron chi connectivity index (χ1n) is 9.92. The number of aliphatic carboxylic acids is 2. The average molecular weight is 494 g/mol. The molecule has 14 nitrogen and oxygen atoms in total. The molecule has 0 aromatic rings. The summed E-state index contributed by atoms with van der Waals surface area (Å²) in [6, 6.07) is -5.44. The topological polar surface area (TPSA) is 251 Å². The summed E-state index contributed by atoms with van der Waals surface area (Å²) in [4.78, 5) is 70.3. The Morgan fingerprint density at radius 1 is 0.818 bits per heavy atom. The number of rotatable bonds is 17. The van der Waals surface area contributed by atoms with Gasteiger partial charge in [0.15, 0.2) is 0 Å². The predicted octanol–water partition coefficient (Wildman–Crippen LogP) is -3.27. The van der Waals surface area contributed by atoms with E-state index in [0.29, 0.717) is 12.2 Å². The van der Waals surface area contributed by atoms with E-state index >= 15 is 0 Å². The van der Waals surface area contributed by atoms with E-state index in [-0.39, 0.29) is 12.8 Å². The number of aliphatic hydroxyl groups excluding tert-OH is 1. The fourth-order valence-electron chi connectivity index (χ4n) is 2.47. The van der Waals surface area contributed by atoms with Crippen LogP contribution in [0.25, 0.3) is 0 Å². The lowest BCUT2D eigenvalue weighted by Crippen LogP contribution is -2.58. The highest BCUT2D eigenvalue weighted by Gasteiger charge is 2.30. The molecule has 4 unspecified atom stereocenters. The molecule has 0 aromatic carbocycles. The van der Waals surface area contributed by atoms with E-state index in [0.717, 1.165) is 0 Å². The zero-order valence-electron chi connectivity index (χ0n) is 18.1. The van der Waals surface area contributed by atoms with Crippen molar-refractivity contribution in [3.8, 4) is 0 Å². The zero-order valence-corrected chi connectivity index (χ0v) is 18.9. The van der Waals surface area contributed by atoms with Crippen LogP contribution in [0.4, 0.5) is 0 Å². The Morgan fingerprint density at radius 3 is 1.82 bits per heavy atom. The van der Waals surface area contributed by atoms with Gasteiger partial charge in [-0.1, -0.05) is 0 Å². The fourth-order valence-corrected chi connectivity index (χ4v) is 2.96. The second kappa shape index (κ2) is 15.8. The van der Waals surface area contributed by atoms with E-state index in [4.69, 9.17) is 16.6 Å². The number of amides is 4. The molecular formula is C18H31N5O9S. The van der Waals surface area contributed by atoms with E-state index in [2.05, 4.69) is 16.0 Å². The smallest absolute Gasteiger partial charge is 0.326 e. The van der Waals surface area contributed by atoms with E-state index in [9.17, 15) is 39.0 Å². The highest BCUT2D eigenvalue weighted by Crippen LogP contribution is 2.04. The second-order valence-corrected chi connectivity index (χ2v) is 8.02. The fraction of sp³-hybridized carbons (Fsp3) is 0.667. The lowest BCUT2D eigenvalue weighted by Gasteiger charge is -2.24. The average Bonchev–Trinajstić information content (AvgIpc) is 2.74. The number of thioether (sulfide) groups is 1. The van der Waals surface area contributed by atoms with E-state index in [1.807, 2.05) is 6.26 Å². The minimum atomic E-state index is -1.52. The van der Waals surface area contributed by atoms with Gasteiger partial charge >= 0.3 is 11.9 Å². The van der Waals surface area contributed by atoms with E-state index in [1.54, 1.807) is 0 Å². The van der Waals surface area contributed by atoms with Crippen LogP contribution in [0.15, 0.2) is 0 Å². The molecule has 0 radical (unpaired) electrons. The number of hydrogen-bond acceptors (Lipinski definition) is 9. The number of carbonyl (C=O) groups excluding carboxylic acids is 4. The first-order valence-corrected chi connectivity index (χ1v) is 11.3. The first kappa shape index (κ1) is 30.1. The molecule has 4 atom stereocenters. The van der Waals surface area contributed by atoms with Crippen molar-refractivity contribution in [3.63, 3.8) is 0 Å². The minimum absolute atomic E-state index is 0.318. The second-order valence-electron chi connectivity index (χ2n) is 7.03. The quantitative estimate of drug-likeness (QED) is 0.0997. The number of carboxylic acids is 2. The van der Waals surface area contributed by atoms with Gasteiger partial charge in [0.05, 0.1) is 12.6 Å². The van der Waals surface area contributed by atoms with Crippen LogP contribution < -0.4 is 27.4 Å². The maximum Gasteiger partial charge on any atom is 0.326 e. The predicted molar refractivity (Wildman–Crippen MR) is 117 cm³/mol. The van der Waals surface area contributed by atoms with Gasteiger partial charge in [0.25, 0.3) is 0 Å². The lowest BCUT2D eigenvalue weighted by molar-refractivity contribution is -0.143. The van der Waals surface area contributed by atoms with Crippen molar-refractivity contribution in [2.45, 2.75) is 56.3 Å². The molecule has 0 heterocycles. The molecule has 0 spiro atoms. The van der Waals surface area contributed by atoms with Crippen LogP contribution >= 0.6 is 11.8 Å². The molecule has 10 N–H and O–H groups in total. The minimum Gasteiger partial charge on any atom is -0.481 e. The molecule has 0 aliphatic heterocycles. The van der Waals surface area contributed by atoms with E-state index in [1.165, 1.54) is 11.8 Å². The molecular weight excluding hydrogens is 462 g/mol. The van der Waals surface area contributed by atoms with Crippen LogP contribution in [0.3, 0.4) is 0 Å². The number of nitrogens with one attached hydrogen (secondary N) is 3. The van der Waals surface area contributed by atoms with Crippen molar-refractivity contribution >= 4 is 47.3 Å². The Morgan fingerprint density at radius 2 is 1.33 bits per heavy atom. The largest absolute Gasteiger partial charge is 0.481 e. The Hall–Kier alpha value is -2.91. The van der Waals surface area contributed by atoms with Crippen LogP contribution in [0.1, 0.15) is 32.1 Å². The third kappa shape index (κ3) is 12.6. The maximum absolute atomic E-state index is 12.5. The first-order chi connectivity index (χ1) is 15.4. The molecule has 0 saturated heterocycles. The summed E-state index contributed by atoms with van der Waals surface area (Å²) in [5.41, 5.74) is 10.7. The number of primary amides is 1. The summed E-state index contributed by atoms with van der Waals surface area (Å²) in [5, 5.41) is 34.1. The summed E-state index contributed by atoms with van der Waals surface area (Å²) < 4.78 is 0. The zero-order chi connectivity index (χ0) is 25.6. The van der Waals surface area contributed by atoms with E-state index < -0.39 is 79.2 Å². The highest BCUT2D eigenvalue weighted by atomic mass is 32.2. The van der Waals surface area contributed by atoms with Gasteiger partial charge < -0.3 is 42.7 Å². The molecule has 15 heteroatoms. The molecule has 33 heavy (non-hydrogen) atoms. The van der Waals surface area contributed by atoms with Crippen molar-refractivity contribution in [1.29, 1.82) is 0 Å². The van der Waals surface area contributed by atoms with Crippen molar-refractivity contribution in [2.24, 2.45) is 11.5 Å². The lowest BCUT2D eigenvalue weighted by atomic mass is 10.1. The summed E-state index contributed by atoms with van der Waals surface area (Å²) in [6.07, 6.45) is 0.525. The third-order valence-electron chi connectivity index (χ3n) is 4.36. The molecule has 0 saturated carbocycles. The number of carboxylic acid groups (broad SMARTS) is 2. The summed E-state index contributed by atoms with van der Waals surface area (Å²) >= 11 is 1.46. The van der Waals surface area contributed by atoms with Crippen LogP contribution in [-0.2, 0) is 28.8 Å². The van der Waals surface area contributed by atoms with Crippen LogP contribution in [0.5, 0.6) is 0 Å². The summed E-state index contributed by atoms with van der Waals surface area (Å²) in [6.45, 7) is -0.837. The normalized spacial score (nSPS) is 14.3. The van der Waals surface area contributed by atoms with Crippen LogP contribution in [0, 0.1) is 0 Å². The van der Waals surface area contributed by atoms with Gasteiger partial charge in [-0.15, -0.1) is 0 Å². The van der Waals surface area contributed by atoms with Crippen LogP contribution in [-0.4, -0.2) is 93.7 Å². The maximum atomic E-state index is 12.5. The Bertz CT molecular complexity index is 721. The Balaban J connectivity index is 5.30. The van der Waals surface area contributed by atoms with Crippen LogP contribution in [0.2, 0.25) is 0 Å². The molecule has 188 valence electrons. The Labute approximate surface area is 194 Å². The summed E-state index contributed by atoms with van der Waals surface area (Å²) in [5.74, 6) is -5.68. The SMILES string of the molecule is CSCCC(N)C(=O)NC(CO)C(=O)NC(CCC(=O)O)C(=O)NC(CCC(N)=O)C(=O)O. The molecule has 0 aliphatic carbocycles. The third-order valence-corrected chi connectivity index (χ3v) is 5.00. The van der Waals surface area contributed by atoms with Gasteiger partial charge in [-0.2, -0.15) is 11.8 Å². The molecule has 4 amide bonds. The van der Waals surface area contributed by atoms with Gasteiger partial charge in [-0.25, -0.2) is 4.79 Å². The van der Waals surface area contributed by atoms with Gasteiger partial charge in [0.2, 0.25) is 23.6 Å². The molecule has 0 aliphatic rings. The highest BCUT2D eigenvalue weighted by molar-refractivity contribution is 7.98. The van der Waals surface area contributed by atoms with Crippen molar-refractivity contribution in [1.82, 2.24) is 16.0 Å². The van der Waals surface area contributed by atoms with Gasteiger partial charge in [-0.05, 0) is 31.3 Å². The molecule has 0 rings (SSSR count). The number of aliphatic hydroxyl groups is 1. The van der Waals surface area contributed by atoms with Crippen molar-refractivity contribution in [3.05, 3.63) is 0 Å². The standard InChI is InChI=1S/C18H31N5O9S/c1-33-7-6-9(19)15(28)23-12(8-24)17(30)21-10(3-5-14(26)27)16(29)22-11(18(31)32)2-4-13(20)25/h9-12,24H,2-8,19H2,1H3,(H2,20,25)(H,21,30)(H,22,29)(H,23,28)(H,26,27)(H,31,32). The Kier molecular flexibility index (Phi) is 14.4. The van der Waals surface area contributed by atoms with Gasteiger partial charge in [0, 0.05) is 12.8 Å². The molecule has 0 aromatic heterocycles.